The van der Waals surface area contributed by atoms with Crippen LogP contribution in [0.4, 0.5) is 11.4 Å². The number of benzene rings is 2. The Hall–Kier alpha value is -2.35. The topological polar surface area (TPSA) is 79.5 Å². The number of nitrogens with one attached hydrogen (secondary N) is 3. The summed E-state index contributed by atoms with van der Waals surface area (Å²) in [7, 11) is 0. The van der Waals surface area contributed by atoms with Gasteiger partial charge in [0.15, 0.2) is 11.7 Å². The molecular weight excluding hydrogens is 433 g/mol. The summed E-state index contributed by atoms with van der Waals surface area (Å²) in [6.07, 6.45) is 2.26. The Morgan fingerprint density at radius 1 is 1.03 bits per heavy atom. The van der Waals surface area contributed by atoms with Gasteiger partial charge >= 0.3 is 0 Å². The molecule has 6 nitrogen and oxygen atoms in total. The number of carbonyl (C=O) groups excluding carboxylic acids is 2. The monoisotopic (exact) mass is 453 g/mol. The molecule has 0 spiro atoms. The third-order valence-corrected chi connectivity index (χ3v) is 4.40. The number of amides is 2. The predicted octanol–water partition coefficient (Wildman–Crippen LogP) is 5.01. The van der Waals surface area contributed by atoms with Gasteiger partial charge in [0.25, 0.3) is 5.91 Å². The zero-order chi connectivity index (χ0) is 21.2. The molecule has 2 amide bonds. The van der Waals surface area contributed by atoms with Crippen LogP contribution in [-0.4, -0.2) is 23.5 Å². The molecule has 0 atom stereocenters. The van der Waals surface area contributed by atoms with Gasteiger partial charge in [0.1, 0.15) is 5.75 Å². The van der Waals surface area contributed by atoms with E-state index < -0.39 is 5.91 Å². The van der Waals surface area contributed by atoms with Crippen LogP contribution < -0.4 is 20.7 Å². The van der Waals surface area contributed by atoms with Crippen LogP contribution in [0, 0.1) is 0 Å². The van der Waals surface area contributed by atoms with E-state index in [2.05, 4.69) is 16.0 Å². The molecule has 29 heavy (non-hydrogen) atoms. The fraction of sp³-hybridized carbons (Fsp3) is 0.250. The number of thiocarbonyl (C=S) groups is 1. The molecule has 2 aromatic carbocycles. The van der Waals surface area contributed by atoms with Crippen molar-refractivity contribution >= 4 is 63.7 Å². The fourth-order valence-corrected chi connectivity index (χ4v) is 2.99. The summed E-state index contributed by atoms with van der Waals surface area (Å²) >= 11 is 17.0. The van der Waals surface area contributed by atoms with E-state index in [1.54, 1.807) is 36.4 Å². The van der Waals surface area contributed by atoms with Gasteiger partial charge in [-0.25, -0.2) is 0 Å². The second-order valence-corrected chi connectivity index (χ2v) is 7.35. The Balaban J connectivity index is 1.82. The van der Waals surface area contributed by atoms with Crippen LogP contribution >= 0.6 is 35.4 Å². The number of ether oxygens (including phenoxy) is 1. The lowest BCUT2D eigenvalue weighted by atomic mass is 10.2. The maximum absolute atomic E-state index is 12.0. The lowest BCUT2D eigenvalue weighted by Gasteiger charge is -2.12. The SMILES string of the molecule is CCCCC(=O)Nc1cccc(NC(=S)NC(=O)COc2ccc(Cl)cc2Cl)c1. The van der Waals surface area contributed by atoms with E-state index in [0.717, 1.165) is 12.8 Å². The van der Waals surface area contributed by atoms with Crippen LogP contribution in [0.2, 0.25) is 10.0 Å². The molecule has 2 rings (SSSR count). The zero-order valence-electron chi connectivity index (χ0n) is 15.8. The van der Waals surface area contributed by atoms with E-state index in [1.807, 2.05) is 6.92 Å². The summed E-state index contributed by atoms with van der Waals surface area (Å²) < 4.78 is 5.36. The molecule has 0 saturated heterocycles. The van der Waals surface area contributed by atoms with E-state index in [0.29, 0.717) is 33.6 Å². The summed E-state index contributed by atoms with van der Waals surface area (Å²) in [5, 5.41) is 9.13. The van der Waals surface area contributed by atoms with E-state index >= 15 is 0 Å². The van der Waals surface area contributed by atoms with Crippen molar-refractivity contribution in [2.75, 3.05) is 17.2 Å². The molecule has 0 bridgehead atoms. The van der Waals surface area contributed by atoms with Crippen LogP contribution in [0.15, 0.2) is 42.5 Å². The fourth-order valence-electron chi connectivity index (χ4n) is 2.30. The van der Waals surface area contributed by atoms with Crippen LogP contribution in [0.3, 0.4) is 0 Å². The first-order chi connectivity index (χ1) is 13.9. The van der Waals surface area contributed by atoms with Gasteiger partial charge < -0.3 is 15.4 Å². The average Bonchev–Trinajstić information content (AvgIpc) is 2.65. The Labute approximate surface area is 184 Å². The van der Waals surface area contributed by atoms with Crippen molar-refractivity contribution in [3.8, 4) is 5.75 Å². The highest BCUT2D eigenvalue weighted by molar-refractivity contribution is 7.80. The van der Waals surface area contributed by atoms with Crippen molar-refractivity contribution in [3.63, 3.8) is 0 Å². The van der Waals surface area contributed by atoms with Crippen molar-refractivity contribution in [2.24, 2.45) is 0 Å². The highest BCUT2D eigenvalue weighted by Crippen LogP contribution is 2.27. The molecule has 154 valence electrons. The van der Waals surface area contributed by atoms with Gasteiger partial charge in [-0.3, -0.25) is 14.9 Å². The van der Waals surface area contributed by atoms with Gasteiger partial charge in [0, 0.05) is 22.8 Å². The van der Waals surface area contributed by atoms with E-state index in [4.69, 9.17) is 40.2 Å². The van der Waals surface area contributed by atoms with Crippen molar-refractivity contribution in [3.05, 3.63) is 52.5 Å². The maximum Gasteiger partial charge on any atom is 0.264 e. The molecule has 0 heterocycles. The van der Waals surface area contributed by atoms with Crippen LogP contribution in [-0.2, 0) is 9.59 Å². The first-order valence-corrected chi connectivity index (χ1v) is 10.1. The number of hydrogen-bond donors (Lipinski definition) is 3. The Morgan fingerprint density at radius 2 is 1.76 bits per heavy atom. The number of halogens is 2. The molecule has 9 heteroatoms. The van der Waals surface area contributed by atoms with Gasteiger partial charge in [0.05, 0.1) is 5.02 Å². The van der Waals surface area contributed by atoms with E-state index in [-0.39, 0.29) is 17.6 Å². The molecule has 0 aliphatic heterocycles. The Morgan fingerprint density at radius 3 is 2.45 bits per heavy atom. The van der Waals surface area contributed by atoms with Gasteiger partial charge in [-0.05, 0) is 55.0 Å². The number of hydrogen-bond acceptors (Lipinski definition) is 4. The maximum atomic E-state index is 12.0. The number of carbonyl (C=O) groups is 2. The Kier molecular flexibility index (Phi) is 9.18. The summed E-state index contributed by atoms with van der Waals surface area (Å²) in [5.41, 5.74) is 1.27. The highest BCUT2D eigenvalue weighted by atomic mass is 35.5. The minimum atomic E-state index is -0.447. The van der Waals surface area contributed by atoms with Crippen molar-refractivity contribution in [2.45, 2.75) is 26.2 Å². The summed E-state index contributed by atoms with van der Waals surface area (Å²) in [6, 6.07) is 11.8. The quantitative estimate of drug-likeness (QED) is 0.489. The molecule has 0 aromatic heterocycles. The second kappa shape index (κ2) is 11.6. The number of unbranched alkanes of at least 4 members (excludes halogenated alkanes) is 1. The lowest BCUT2D eigenvalue weighted by Crippen LogP contribution is -2.37. The normalized spacial score (nSPS) is 10.2. The smallest absolute Gasteiger partial charge is 0.264 e. The van der Waals surface area contributed by atoms with Crippen molar-refractivity contribution in [1.82, 2.24) is 5.32 Å². The summed E-state index contributed by atoms with van der Waals surface area (Å²) in [5.74, 6) is -0.146. The molecule has 2 aromatic rings. The minimum absolute atomic E-state index is 0.0436. The Bertz CT molecular complexity index is 893. The van der Waals surface area contributed by atoms with Gasteiger partial charge in [-0.1, -0.05) is 42.6 Å². The van der Waals surface area contributed by atoms with Crippen molar-refractivity contribution in [1.29, 1.82) is 0 Å². The molecule has 3 N–H and O–H groups in total. The van der Waals surface area contributed by atoms with Gasteiger partial charge in [-0.2, -0.15) is 0 Å². The van der Waals surface area contributed by atoms with E-state index in [1.165, 1.54) is 6.07 Å². The zero-order valence-corrected chi connectivity index (χ0v) is 18.1. The first kappa shape index (κ1) is 22.9. The third-order valence-electron chi connectivity index (χ3n) is 3.67. The minimum Gasteiger partial charge on any atom is -0.482 e. The van der Waals surface area contributed by atoms with Gasteiger partial charge in [0.2, 0.25) is 5.91 Å². The summed E-state index contributed by atoms with van der Waals surface area (Å²) in [4.78, 5) is 23.9. The predicted molar refractivity (Wildman–Crippen MR) is 121 cm³/mol. The standard InChI is InChI=1S/C20H21Cl2N3O3S/c1-2-3-7-18(26)23-14-5-4-6-15(11-14)24-20(29)25-19(27)12-28-17-9-8-13(21)10-16(17)22/h4-6,8-11H,2-3,7,12H2,1H3,(H,23,26)(H2,24,25,27,29). The molecule has 0 fully saturated rings. The largest absolute Gasteiger partial charge is 0.482 e. The van der Waals surface area contributed by atoms with Crippen LogP contribution in [0.25, 0.3) is 0 Å². The van der Waals surface area contributed by atoms with Crippen molar-refractivity contribution < 1.29 is 14.3 Å². The molecular formula is C20H21Cl2N3O3S. The highest BCUT2D eigenvalue weighted by Gasteiger charge is 2.09. The summed E-state index contributed by atoms with van der Waals surface area (Å²) in [6.45, 7) is 1.76. The van der Waals surface area contributed by atoms with Gasteiger partial charge in [-0.15, -0.1) is 0 Å². The molecule has 0 unspecified atom stereocenters. The van der Waals surface area contributed by atoms with Crippen LogP contribution in [0.1, 0.15) is 26.2 Å². The van der Waals surface area contributed by atoms with Crippen LogP contribution in [0.5, 0.6) is 5.75 Å². The second-order valence-electron chi connectivity index (χ2n) is 6.10. The van der Waals surface area contributed by atoms with E-state index in [9.17, 15) is 9.59 Å². The number of rotatable bonds is 8. The first-order valence-electron chi connectivity index (χ1n) is 8.96. The molecule has 0 aliphatic rings. The number of anilines is 2. The molecule has 0 radical (unpaired) electrons. The average molecular weight is 454 g/mol. The molecule has 0 saturated carbocycles. The lowest BCUT2D eigenvalue weighted by molar-refractivity contribution is -0.121. The molecule has 0 aliphatic carbocycles. The third kappa shape index (κ3) is 8.27.